The lowest BCUT2D eigenvalue weighted by Crippen LogP contribution is -2.16. The third-order valence-electron chi connectivity index (χ3n) is 2.40. The Morgan fingerprint density at radius 2 is 2.05 bits per heavy atom. The Kier molecular flexibility index (Phi) is 7.13. The van der Waals surface area contributed by atoms with E-state index in [0.29, 0.717) is 5.92 Å². The Balaban J connectivity index is 2.57. The van der Waals surface area contributed by atoms with Crippen LogP contribution < -0.4 is 14.9 Å². The van der Waals surface area contributed by atoms with Gasteiger partial charge in [-0.05, 0) is 37.2 Å². The minimum Gasteiger partial charge on any atom is -0.497 e. The number of ether oxygens (including phenoxy) is 1. The molecule has 0 aliphatic rings. The van der Waals surface area contributed by atoms with E-state index in [1.54, 1.807) is 14.2 Å². The predicted molar refractivity (Wildman–Crippen MR) is 88.2 cm³/mol. The van der Waals surface area contributed by atoms with Crippen molar-refractivity contribution in [3.05, 3.63) is 24.3 Å². The molecule has 1 atom stereocenters. The fourth-order valence-corrected chi connectivity index (χ4v) is 4.60. The number of aliphatic imine (C=N–C) groups is 1. The summed E-state index contributed by atoms with van der Waals surface area (Å²) in [5.74, 6) is 2.09. The highest BCUT2D eigenvalue weighted by atomic mass is 32.7. The van der Waals surface area contributed by atoms with Gasteiger partial charge in [0.25, 0.3) is 6.65 Å². The molecule has 7 heteroatoms. The zero-order valence-corrected chi connectivity index (χ0v) is 14.0. The fraction of sp³-hybridized carbons (Fsp3) is 0.462. The lowest BCUT2D eigenvalue weighted by molar-refractivity contribution is 0.415. The minimum absolute atomic E-state index is 0.488. The monoisotopic (exact) mass is 315 g/mol. The zero-order valence-electron chi connectivity index (χ0n) is 12.3. The summed E-state index contributed by atoms with van der Waals surface area (Å²) in [5, 5.41) is 5.70. The third-order valence-corrected chi connectivity index (χ3v) is 7.02. The van der Waals surface area contributed by atoms with Crippen molar-refractivity contribution in [2.75, 3.05) is 19.9 Å². The molecule has 0 aliphatic carbocycles. The van der Waals surface area contributed by atoms with Crippen LogP contribution in [0, 0.1) is 5.92 Å². The van der Waals surface area contributed by atoms with Gasteiger partial charge in [-0.2, -0.15) is 0 Å². The largest absolute Gasteiger partial charge is 0.497 e. The van der Waals surface area contributed by atoms with Crippen molar-refractivity contribution in [3.8, 4) is 5.75 Å². The fourth-order valence-electron chi connectivity index (χ4n) is 1.27. The van der Waals surface area contributed by atoms with Crippen LogP contribution in [0.5, 0.6) is 5.75 Å². The average Bonchev–Trinajstić information content (AvgIpc) is 2.46. The van der Waals surface area contributed by atoms with Gasteiger partial charge in [0, 0.05) is 5.75 Å². The van der Waals surface area contributed by atoms with E-state index < -0.39 is 6.65 Å². The molecule has 0 saturated carbocycles. The molecule has 112 valence electrons. The standard InChI is InChI=1S/C13H22N3O2PS/c1-11(2)9-20-19(17,14-3)16-10-15-12-5-7-13(18-4)8-6-12/h5-8,10-11H,9H2,1-4H3,(H2,14,15,16,17). The Bertz CT molecular complexity index is 477. The summed E-state index contributed by atoms with van der Waals surface area (Å²) in [6.07, 6.45) is 1.48. The molecule has 0 bridgehead atoms. The molecule has 0 radical (unpaired) electrons. The molecule has 2 N–H and O–H groups in total. The summed E-state index contributed by atoms with van der Waals surface area (Å²) in [5.41, 5.74) is 0.773. The highest BCUT2D eigenvalue weighted by molar-refractivity contribution is 8.57. The van der Waals surface area contributed by atoms with Crippen LogP contribution in [-0.4, -0.2) is 26.2 Å². The topological polar surface area (TPSA) is 62.7 Å². The molecule has 5 nitrogen and oxygen atoms in total. The number of nitrogens with zero attached hydrogens (tertiary/aromatic N) is 1. The van der Waals surface area contributed by atoms with Crippen molar-refractivity contribution in [2.24, 2.45) is 10.9 Å². The number of benzene rings is 1. The van der Waals surface area contributed by atoms with Gasteiger partial charge in [0.05, 0.1) is 19.1 Å². The Labute approximate surface area is 124 Å². The van der Waals surface area contributed by atoms with Crippen LogP contribution in [0.2, 0.25) is 0 Å². The first-order chi connectivity index (χ1) is 9.49. The molecular weight excluding hydrogens is 293 g/mol. The van der Waals surface area contributed by atoms with Gasteiger partial charge in [0.2, 0.25) is 0 Å². The third kappa shape index (κ3) is 5.99. The Morgan fingerprint density at radius 1 is 1.40 bits per heavy atom. The van der Waals surface area contributed by atoms with Gasteiger partial charge in [-0.3, -0.25) is 4.57 Å². The lowest BCUT2D eigenvalue weighted by atomic mass is 10.3. The molecular formula is C13H22N3O2PS. The molecule has 0 aromatic heterocycles. The van der Waals surface area contributed by atoms with Gasteiger partial charge in [-0.1, -0.05) is 25.2 Å². The van der Waals surface area contributed by atoms with Crippen molar-refractivity contribution < 1.29 is 9.30 Å². The summed E-state index contributed by atoms with van der Waals surface area (Å²) < 4.78 is 17.5. The lowest BCUT2D eigenvalue weighted by Gasteiger charge is -2.16. The van der Waals surface area contributed by atoms with Crippen molar-refractivity contribution in [2.45, 2.75) is 13.8 Å². The first kappa shape index (κ1) is 17.1. The van der Waals surface area contributed by atoms with Gasteiger partial charge in [0.15, 0.2) is 0 Å². The van der Waals surface area contributed by atoms with Crippen molar-refractivity contribution >= 4 is 30.1 Å². The molecule has 0 heterocycles. The van der Waals surface area contributed by atoms with Crippen LogP contribution in [-0.2, 0) is 4.57 Å². The molecule has 0 fully saturated rings. The molecule has 0 aliphatic heterocycles. The summed E-state index contributed by atoms with van der Waals surface area (Å²) in [6.45, 7) is 1.53. The quantitative estimate of drug-likeness (QED) is 0.435. The van der Waals surface area contributed by atoms with E-state index in [-0.39, 0.29) is 0 Å². The van der Waals surface area contributed by atoms with E-state index in [9.17, 15) is 4.57 Å². The Hall–Kier alpha value is -0.970. The summed E-state index contributed by atoms with van der Waals surface area (Å²) in [6, 6.07) is 7.33. The highest BCUT2D eigenvalue weighted by Gasteiger charge is 2.18. The highest BCUT2D eigenvalue weighted by Crippen LogP contribution is 2.50. The zero-order chi connectivity index (χ0) is 15.0. The normalized spacial score (nSPS) is 14.4. The number of methoxy groups -OCH3 is 1. The second-order valence-electron chi connectivity index (χ2n) is 4.55. The SMILES string of the molecule is CNP(=O)(NC=Nc1ccc(OC)cc1)SCC(C)C. The number of nitrogens with one attached hydrogen (secondary N) is 2. The van der Waals surface area contributed by atoms with Crippen LogP contribution in [0.3, 0.4) is 0 Å². The molecule has 1 aromatic rings. The second-order valence-corrected chi connectivity index (χ2v) is 9.27. The van der Waals surface area contributed by atoms with Gasteiger partial charge in [0.1, 0.15) is 5.75 Å². The summed E-state index contributed by atoms with van der Waals surface area (Å²) >= 11 is 1.40. The van der Waals surface area contributed by atoms with E-state index in [1.165, 1.54) is 17.7 Å². The molecule has 1 aromatic carbocycles. The van der Waals surface area contributed by atoms with E-state index in [4.69, 9.17) is 4.74 Å². The first-order valence-corrected chi connectivity index (χ1v) is 9.67. The number of hydrogen-bond acceptors (Lipinski definition) is 4. The van der Waals surface area contributed by atoms with Gasteiger partial charge in [-0.25, -0.2) is 10.1 Å². The molecule has 0 spiro atoms. The van der Waals surface area contributed by atoms with Crippen molar-refractivity contribution in [1.29, 1.82) is 0 Å². The molecule has 1 rings (SSSR count). The van der Waals surface area contributed by atoms with Gasteiger partial charge >= 0.3 is 0 Å². The van der Waals surface area contributed by atoms with Crippen LogP contribution in [0.15, 0.2) is 29.3 Å². The van der Waals surface area contributed by atoms with Gasteiger partial charge in [-0.15, -0.1) is 0 Å². The minimum atomic E-state index is -2.66. The maximum atomic E-state index is 12.4. The summed E-state index contributed by atoms with van der Waals surface area (Å²) in [7, 11) is 3.30. The Morgan fingerprint density at radius 3 is 2.55 bits per heavy atom. The maximum Gasteiger partial charge on any atom is 0.290 e. The molecule has 0 saturated heterocycles. The van der Waals surface area contributed by atoms with Crippen LogP contribution >= 0.6 is 18.0 Å². The van der Waals surface area contributed by atoms with Gasteiger partial charge < -0.3 is 9.82 Å². The average molecular weight is 315 g/mol. The second kappa shape index (κ2) is 8.35. The number of hydrogen-bond donors (Lipinski definition) is 2. The van der Waals surface area contributed by atoms with Crippen LogP contribution in [0.1, 0.15) is 13.8 Å². The summed E-state index contributed by atoms with van der Waals surface area (Å²) in [4.78, 5) is 4.22. The van der Waals surface area contributed by atoms with E-state index in [1.807, 2.05) is 24.3 Å². The molecule has 20 heavy (non-hydrogen) atoms. The van der Waals surface area contributed by atoms with E-state index >= 15 is 0 Å². The smallest absolute Gasteiger partial charge is 0.290 e. The van der Waals surface area contributed by atoms with Crippen molar-refractivity contribution in [3.63, 3.8) is 0 Å². The van der Waals surface area contributed by atoms with Crippen LogP contribution in [0.25, 0.3) is 0 Å². The van der Waals surface area contributed by atoms with Crippen LogP contribution in [0.4, 0.5) is 5.69 Å². The number of rotatable bonds is 8. The maximum absolute atomic E-state index is 12.4. The van der Waals surface area contributed by atoms with E-state index in [2.05, 4.69) is 29.0 Å². The first-order valence-electron chi connectivity index (χ1n) is 6.37. The van der Waals surface area contributed by atoms with E-state index in [0.717, 1.165) is 17.2 Å². The molecule has 0 amide bonds. The van der Waals surface area contributed by atoms with Crippen molar-refractivity contribution in [1.82, 2.24) is 10.2 Å². The predicted octanol–water partition coefficient (Wildman–Crippen LogP) is 3.66. The molecule has 1 unspecified atom stereocenters.